The van der Waals surface area contributed by atoms with Crippen LogP contribution in [0.15, 0.2) is 0 Å². The van der Waals surface area contributed by atoms with Gasteiger partial charge in [0, 0.05) is 33.2 Å². The van der Waals surface area contributed by atoms with Crippen molar-refractivity contribution < 1.29 is 29.3 Å². The number of fused-ring (bicyclic) bond motifs is 1. The number of carbonyl (C=O) groups excluding carboxylic acids is 2. The fraction of sp³-hybridized carbons (Fsp3) is 0.875. The number of nitrogens with one attached hydrogen (secondary N) is 3. The molecule has 1 aliphatic carbocycles. The summed E-state index contributed by atoms with van der Waals surface area (Å²) in [5, 5.41) is 24.0. The molecule has 2 rings (SSSR count). The van der Waals surface area contributed by atoms with Crippen molar-refractivity contribution in [2.24, 2.45) is 5.73 Å². The minimum Gasteiger partial charge on any atom is -0.632 e. The van der Waals surface area contributed by atoms with Crippen LogP contribution in [0.3, 0.4) is 0 Å². The highest BCUT2D eigenvalue weighted by molar-refractivity contribution is 5.73. The zero-order chi connectivity index (χ0) is 20.1. The van der Waals surface area contributed by atoms with E-state index < -0.39 is 24.4 Å². The van der Waals surface area contributed by atoms with Crippen molar-refractivity contribution >= 4 is 11.9 Å². The molecule has 7 unspecified atom stereocenters. The number of hydroxylamine groups is 3. The van der Waals surface area contributed by atoms with Gasteiger partial charge in [0.25, 0.3) is 0 Å². The number of rotatable bonds is 7. The second-order valence-corrected chi connectivity index (χ2v) is 7.16. The summed E-state index contributed by atoms with van der Waals surface area (Å²) in [7, 11) is 0. The maximum atomic E-state index is 12.2. The molecule has 0 bridgehead atoms. The summed E-state index contributed by atoms with van der Waals surface area (Å²) in [6, 6.07) is -0.793. The topological polar surface area (TPSA) is 149 Å². The molecule has 156 valence electrons. The van der Waals surface area contributed by atoms with E-state index in [-0.39, 0.29) is 41.4 Å². The van der Waals surface area contributed by atoms with Crippen molar-refractivity contribution in [3.8, 4) is 0 Å². The van der Waals surface area contributed by atoms with Crippen molar-refractivity contribution in [3.63, 3.8) is 0 Å². The number of nitrogens with zero attached hydrogens (tertiary/aromatic N) is 1. The van der Waals surface area contributed by atoms with Crippen LogP contribution in [0.4, 0.5) is 0 Å². The first kappa shape index (κ1) is 22.0. The largest absolute Gasteiger partial charge is 0.632 e. The Morgan fingerprint density at radius 1 is 1.30 bits per heavy atom. The van der Waals surface area contributed by atoms with Gasteiger partial charge >= 0.3 is 5.97 Å². The fourth-order valence-electron chi connectivity index (χ4n) is 3.80. The van der Waals surface area contributed by atoms with Gasteiger partial charge in [-0.25, -0.2) is 0 Å². The van der Waals surface area contributed by atoms with Gasteiger partial charge < -0.3 is 29.9 Å². The summed E-state index contributed by atoms with van der Waals surface area (Å²) in [5.74, 6) is -0.554. The van der Waals surface area contributed by atoms with E-state index in [0.717, 1.165) is 0 Å². The van der Waals surface area contributed by atoms with Gasteiger partial charge in [-0.3, -0.25) is 20.5 Å². The van der Waals surface area contributed by atoms with Crippen LogP contribution in [0.25, 0.3) is 0 Å². The monoisotopic (exact) mass is 389 g/mol. The van der Waals surface area contributed by atoms with E-state index >= 15 is 0 Å². The lowest BCUT2D eigenvalue weighted by Gasteiger charge is -2.51. The number of nitrogens with two attached hydrogens (primary N) is 1. The summed E-state index contributed by atoms with van der Waals surface area (Å²) >= 11 is 0. The van der Waals surface area contributed by atoms with E-state index in [4.69, 9.17) is 15.2 Å². The van der Waals surface area contributed by atoms with Crippen LogP contribution in [0.5, 0.6) is 0 Å². The Morgan fingerprint density at radius 2 is 2.00 bits per heavy atom. The molecule has 1 amide bonds. The average molecular weight is 389 g/mol. The van der Waals surface area contributed by atoms with Crippen molar-refractivity contribution in [1.82, 2.24) is 10.3 Å². The van der Waals surface area contributed by atoms with Gasteiger partial charge in [-0.15, -0.1) is 0 Å². The molecule has 2 fully saturated rings. The average Bonchev–Trinajstić information content (AvgIpc) is 2.61. The number of hydrogen-bond acceptors (Lipinski definition) is 8. The van der Waals surface area contributed by atoms with Gasteiger partial charge in [0.1, 0.15) is 12.1 Å². The maximum Gasteiger partial charge on any atom is 0.303 e. The maximum absolute atomic E-state index is 12.2. The summed E-state index contributed by atoms with van der Waals surface area (Å²) in [6.45, 7) is 5.49. The third-order valence-corrected chi connectivity index (χ3v) is 5.21. The molecule has 0 aromatic rings. The predicted molar refractivity (Wildman–Crippen MR) is 94.4 cm³/mol. The van der Waals surface area contributed by atoms with Gasteiger partial charge in [-0.1, -0.05) is 5.43 Å². The smallest absolute Gasteiger partial charge is 0.303 e. The molecule has 7 atom stereocenters. The van der Waals surface area contributed by atoms with Gasteiger partial charge in [0.15, 0.2) is 6.04 Å². The van der Waals surface area contributed by atoms with Crippen LogP contribution in [0.2, 0.25) is 0 Å². The van der Waals surface area contributed by atoms with E-state index in [1.54, 1.807) is 4.90 Å². The molecule has 0 aromatic heterocycles. The van der Waals surface area contributed by atoms with Gasteiger partial charge in [0.2, 0.25) is 12.2 Å². The molecule has 1 saturated carbocycles. The quantitative estimate of drug-likeness (QED) is 0.260. The van der Waals surface area contributed by atoms with E-state index in [1.165, 1.54) is 13.8 Å². The minimum atomic E-state index is -0.920. The van der Waals surface area contributed by atoms with E-state index in [2.05, 4.69) is 5.43 Å². The fourth-order valence-corrected chi connectivity index (χ4v) is 3.80. The Labute approximate surface area is 158 Å². The molecule has 5 N–H and O–H groups in total. The first-order valence-electron chi connectivity index (χ1n) is 9.36. The minimum absolute atomic E-state index is 0.108. The third kappa shape index (κ3) is 5.82. The molecule has 1 heterocycles. The third-order valence-electron chi connectivity index (χ3n) is 5.21. The molecule has 0 radical (unpaired) electrons. The molecule has 2 aliphatic rings. The van der Waals surface area contributed by atoms with Crippen LogP contribution in [0.1, 0.15) is 40.0 Å². The highest BCUT2D eigenvalue weighted by Crippen LogP contribution is 2.20. The summed E-state index contributed by atoms with van der Waals surface area (Å²) < 4.78 is 11.2. The first-order chi connectivity index (χ1) is 12.7. The zero-order valence-electron chi connectivity index (χ0n) is 16.1. The van der Waals surface area contributed by atoms with E-state index in [1.807, 2.05) is 6.92 Å². The second-order valence-electron chi connectivity index (χ2n) is 7.16. The van der Waals surface area contributed by atoms with Crippen LogP contribution < -0.4 is 21.4 Å². The van der Waals surface area contributed by atoms with Crippen molar-refractivity contribution in [2.75, 3.05) is 19.7 Å². The highest BCUT2D eigenvalue weighted by Gasteiger charge is 2.45. The number of quaternary nitrogens is 2. The lowest BCUT2D eigenvalue weighted by Crippen LogP contribution is -3.37. The van der Waals surface area contributed by atoms with Crippen molar-refractivity contribution in [2.45, 2.75) is 70.6 Å². The summed E-state index contributed by atoms with van der Waals surface area (Å²) in [4.78, 5) is 24.5. The summed E-state index contributed by atoms with van der Waals surface area (Å²) in [5.41, 5.74) is 8.15. The van der Waals surface area contributed by atoms with Crippen LogP contribution in [-0.4, -0.2) is 67.1 Å². The molecule has 27 heavy (non-hydrogen) atoms. The van der Waals surface area contributed by atoms with Crippen molar-refractivity contribution in [1.29, 1.82) is 0 Å². The van der Waals surface area contributed by atoms with Gasteiger partial charge in [-0.2, -0.15) is 0 Å². The lowest BCUT2D eigenvalue weighted by atomic mass is 9.87. The normalized spacial score (nSPS) is 34.4. The number of amides is 1. The molecular weight excluding hydrogens is 358 g/mol. The number of hydrogen-bond donors (Lipinski definition) is 4. The number of esters is 1. The number of likely N-dealkylation sites (N-methyl/N-ethyl adjacent to an activating group) is 1. The van der Waals surface area contributed by atoms with Crippen LogP contribution in [0, 0.1) is 10.4 Å². The summed E-state index contributed by atoms with van der Waals surface area (Å²) in [6.07, 6.45) is -0.127. The predicted octanol–water partition coefficient (Wildman–Crippen LogP) is -3.38. The van der Waals surface area contributed by atoms with Crippen LogP contribution in [-0.2, 0) is 19.1 Å². The molecule has 0 spiro atoms. The first-order valence-corrected chi connectivity index (χ1v) is 9.36. The molecule has 11 heteroatoms. The SMILES string of the molecule is CCN(CC(COC1CCC2C(C1)[NH+]([O-])NC(N)[NH+]2[O-])OC(C)=O)C(C)=O. The highest BCUT2D eigenvalue weighted by atomic mass is 16.6. The number of ether oxygens (including phenoxy) is 2. The zero-order valence-corrected chi connectivity index (χ0v) is 16.1. The molecule has 1 saturated heterocycles. The molecular formula is C16H31N5O6. The molecule has 1 aliphatic heterocycles. The Morgan fingerprint density at radius 3 is 2.59 bits per heavy atom. The lowest BCUT2D eigenvalue weighted by molar-refractivity contribution is -1.06. The Balaban J connectivity index is 1.91. The molecule has 0 aromatic carbocycles. The Bertz CT molecular complexity index is 524. The van der Waals surface area contributed by atoms with Gasteiger partial charge in [0.05, 0.1) is 19.3 Å². The number of carbonyl (C=O) groups is 2. The van der Waals surface area contributed by atoms with Crippen molar-refractivity contribution in [3.05, 3.63) is 10.4 Å². The van der Waals surface area contributed by atoms with Crippen LogP contribution >= 0.6 is 0 Å². The molecule has 11 nitrogen and oxygen atoms in total. The second kappa shape index (κ2) is 9.73. The Hall–Kier alpha value is -1.34. The Kier molecular flexibility index (Phi) is 7.91. The standard InChI is InChI=1S/C16H31N5O6/c1-4-19(10(2)22)8-13(27-11(3)23)9-26-12-5-6-14-15(7-12)21(25)18-16(17)20(14)24/h12-16,18,20-21H,4-9,17H2,1-3H3. The van der Waals surface area contributed by atoms with E-state index in [0.29, 0.717) is 25.8 Å². The van der Waals surface area contributed by atoms with E-state index in [9.17, 15) is 20.0 Å². The van der Waals surface area contributed by atoms with Gasteiger partial charge in [-0.05, 0) is 13.3 Å².